The molecule has 0 spiro atoms. The summed E-state index contributed by atoms with van der Waals surface area (Å²) in [5.74, 6) is -1.31. The normalized spacial score (nSPS) is 12.7. The molecule has 3 aromatic carbocycles. The van der Waals surface area contributed by atoms with E-state index in [0.29, 0.717) is 38.5 Å². The highest BCUT2D eigenvalue weighted by Gasteiger charge is 2.32. The number of nitrogens with zero attached hydrogens (tertiary/aromatic N) is 2. The minimum atomic E-state index is -1.84. The number of halogens is 3. The number of carbonyl (C=O) groups is 3. The Kier molecular flexibility index (Phi) is 11.5. The number of hydrogen-bond donors (Lipinski definition) is 2. The molecule has 0 saturated heterocycles. The number of benzene rings is 3. The molecule has 0 fully saturated rings. The molecule has 0 aliphatic heterocycles. The van der Waals surface area contributed by atoms with E-state index in [0.717, 1.165) is 0 Å². The Morgan fingerprint density at radius 3 is 2.32 bits per heavy atom. The molecule has 0 aliphatic rings. The molecule has 0 bridgehead atoms. The number of rotatable bonds is 13. The summed E-state index contributed by atoms with van der Waals surface area (Å²) in [5.41, 5.74) is 2.06. The smallest absolute Gasteiger partial charge is 0.312 e. The molecule has 1 heterocycles. The van der Waals surface area contributed by atoms with Crippen molar-refractivity contribution in [2.75, 3.05) is 20.5 Å². The van der Waals surface area contributed by atoms with E-state index >= 15 is 0 Å². The van der Waals surface area contributed by atoms with Gasteiger partial charge in [0.05, 0.1) is 36.6 Å². The Labute approximate surface area is 284 Å². The van der Waals surface area contributed by atoms with E-state index in [2.05, 4.69) is 5.32 Å². The zero-order valence-corrected chi connectivity index (χ0v) is 27.6. The summed E-state index contributed by atoms with van der Waals surface area (Å²) in [6.45, 7) is 2.04. The van der Waals surface area contributed by atoms with Crippen molar-refractivity contribution in [1.29, 1.82) is 0 Å². The molecular weight excluding hydrogens is 677 g/mol. The number of esters is 1. The van der Waals surface area contributed by atoms with Crippen molar-refractivity contribution < 1.29 is 38.6 Å². The summed E-state index contributed by atoms with van der Waals surface area (Å²) >= 11 is 17.8. The van der Waals surface area contributed by atoms with Gasteiger partial charge in [-0.1, -0.05) is 34.8 Å². The molecule has 0 radical (unpaired) electrons. The summed E-state index contributed by atoms with van der Waals surface area (Å²) < 4.78 is 15.8. The number of carbonyl (C=O) groups excluding carboxylic acids is 3. The molecule has 0 unspecified atom stereocenters. The Morgan fingerprint density at radius 1 is 1.06 bits per heavy atom. The number of nitro groups is 1. The molecular formula is C32H30Cl3N3O9. The van der Waals surface area contributed by atoms with Gasteiger partial charge in [-0.15, -0.1) is 0 Å². The molecule has 1 aromatic heterocycles. The molecule has 2 N–H and O–H groups in total. The number of amides is 1. The van der Waals surface area contributed by atoms with Gasteiger partial charge >= 0.3 is 5.97 Å². The third-order valence-electron chi connectivity index (χ3n) is 7.30. The maximum Gasteiger partial charge on any atom is 0.312 e. The first-order chi connectivity index (χ1) is 22.2. The average molecular weight is 707 g/mol. The number of aliphatic hydroxyl groups is 1. The van der Waals surface area contributed by atoms with Crippen LogP contribution in [0.3, 0.4) is 0 Å². The van der Waals surface area contributed by atoms with Gasteiger partial charge < -0.3 is 24.6 Å². The van der Waals surface area contributed by atoms with E-state index in [1.165, 1.54) is 42.9 Å². The van der Waals surface area contributed by atoms with Crippen LogP contribution < -0.4 is 10.1 Å². The van der Waals surface area contributed by atoms with Gasteiger partial charge in [0.25, 0.3) is 17.5 Å². The van der Waals surface area contributed by atoms with Gasteiger partial charge in [0, 0.05) is 33.8 Å². The zero-order valence-electron chi connectivity index (χ0n) is 25.4. The molecule has 0 aliphatic carbocycles. The fourth-order valence-electron chi connectivity index (χ4n) is 4.81. The summed E-state index contributed by atoms with van der Waals surface area (Å²) in [5, 5.41) is 25.5. The third-order valence-corrected chi connectivity index (χ3v) is 7.89. The lowest BCUT2D eigenvalue weighted by atomic mass is 10.0. The molecule has 15 heteroatoms. The number of fused-ring (bicyclic) bond motifs is 1. The lowest BCUT2D eigenvalue weighted by molar-refractivity contribution is -0.384. The average Bonchev–Trinajstić information content (AvgIpc) is 3.31. The van der Waals surface area contributed by atoms with Gasteiger partial charge in [-0.3, -0.25) is 29.1 Å². The Bertz CT molecular complexity index is 1790. The van der Waals surface area contributed by atoms with Crippen LogP contribution in [0.4, 0.5) is 5.69 Å². The number of nitrogens with one attached hydrogen (secondary N) is 1. The van der Waals surface area contributed by atoms with Crippen LogP contribution in [0.2, 0.25) is 5.02 Å². The summed E-state index contributed by atoms with van der Waals surface area (Å²) in [6.07, 6.45) is -1.62. The van der Waals surface area contributed by atoms with Gasteiger partial charge in [0.2, 0.25) is 0 Å². The second-order valence-corrected chi connectivity index (χ2v) is 12.7. The lowest BCUT2D eigenvalue weighted by Crippen LogP contribution is -2.47. The van der Waals surface area contributed by atoms with Gasteiger partial charge in [0.15, 0.2) is 11.1 Å². The Balaban J connectivity index is 1.48. The maximum atomic E-state index is 13.5. The first-order valence-corrected chi connectivity index (χ1v) is 15.2. The van der Waals surface area contributed by atoms with Crippen molar-refractivity contribution in [2.24, 2.45) is 0 Å². The van der Waals surface area contributed by atoms with Gasteiger partial charge in [-0.2, -0.15) is 0 Å². The van der Waals surface area contributed by atoms with E-state index in [9.17, 15) is 29.6 Å². The first kappa shape index (κ1) is 35.7. The Hall–Kier alpha value is -4.20. The van der Waals surface area contributed by atoms with Crippen molar-refractivity contribution >= 4 is 69.2 Å². The molecule has 0 saturated carbocycles. The van der Waals surface area contributed by atoms with E-state index in [1.807, 2.05) is 0 Å². The van der Waals surface area contributed by atoms with Crippen LogP contribution in [0.1, 0.15) is 40.2 Å². The fourth-order valence-corrected chi connectivity index (χ4v) is 5.04. The highest BCUT2D eigenvalue weighted by molar-refractivity contribution is 6.57. The van der Waals surface area contributed by atoms with Crippen LogP contribution in [0.15, 0.2) is 66.7 Å². The monoisotopic (exact) mass is 705 g/mol. The highest BCUT2D eigenvalue weighted by atomic mass is 35.5. The molecule has 12 nitrogen and oxygen atoms in total. The van der Waals surface area contributed by atoms with E-state index in [4.69, 9.17) is 49.0 Å². The van der Waals surface area contributed by atoms with Crippen LogP contribution in [-0.2, 0) is 25.5 Å². The number of aliphatic hydroxyl groups excluding tert-OH is 1. The van der Waals surface area contributed by atoms with Crippen LogP contribution in [0.5, 0.6) is 5.75 Å². The number of hydrogen-bond acceptors (Lipinski definition) is 9. The largest absolute Gasteiger partial charge is 0.497 e. The second kappa shape index (κ2) is 15.1. The second-order valence-electron chi connectivity index (χ2n) is 10.5. The summed E-state index contributed by atoms with van der Waals surface area (Å²) in [4.78, 5) is 49.4. The lowest BCUT2D eigenvalue weighted by Gasteiger charge is -2.26. The maximum absolute atomic E-state index is 13.5. The van der Waals surface area contributed by atoms with Crippen LogP contribution in [0.25, 0.3) is 10.9 Å². The van der Waals surface area contributed by atoms with Gasteiger partial charge in [-0.05, 0) is 79.6 Å². The predicted octanol–water partition coefficient (Wildman–Crippen LogP) is 5.68. The number of methoxy groups -OCH3 is 1. The van der Waals surface area contributed by atoms with E-state index < -0.39 is 40.1 Å². The van der Waals surface area contributed by atoms with Crippen molar-refractivity contribution in [3.8, 4) is 5.75 Å². The van der Waals surface area contributed by atoms with Gasteiger partial charge in [0.1, 0.15) is 11.9 Å². The molecule has 248 valence electrons. The molecule has 1 amide bonds. The summed E-state index contributed by atoms with van der Waals surface area (Å²) in [7, 11) is 1.50. The van der Waals surface area contributed by atoms with Crippen molar-refractivity contribution in [3.63, 3.8) is 0 Å². The molecule has 47 heavy (non-hydrogen) atoms. The number of alkyl halides is 2. The van der Waals surface area contributed by atoms with E-state index in [-0.39, 0.29) is 30.2 Å². The van der Waals surface area contributed by atoms with Crippen molar-refractivity contribution in [1.82, 2.24) is 9.88 Å². The van der Waals surface area contributed by atoms with Crippen LogP contribution in [-0.4, -0.2) is 63.3 Å². The predicted molar refractivity (Wildman–Crippen MR) is 175 cm³/mol. The minimum Gasteiger partial charge on any atom is -0.497 e. The number of non-ortho nitro benzene ring substituents is 1. The topological polar surface area (TPSA) is 159 Å². The minimum absolute atomic E-state index is 0.190. The number of nitro benzene ring substituents is 1. The fraction of sp³-hybridized carbons (Fsp3) is 0.281. The Morgan fingerprint density at radius 2 is 1.72 bits per heavy atom. The van der Waals surface area contributed by atoms with Crippen LogP contribution in [0, 0.1) is 17.0 Å². The molecule has 2 atom stereocenters. The molecule has 4 rings (SSSR count). The standard InChI is InChI=1S/C32H30Cl3N3O9/c1-18-24(25-14-23(45-3)12-13-27(25)37(18)30(41)20-4-8-21(33)9-5-20)15-28(39)47-17-46-16-26(36-31(42)32(2,34)35)29(40)19-6-10-22(11-7-19)38(43)44/h4-14,26,29,40H,15-17H2,1-3H3,(H,36,42)/t26-,29-/m1/s1. The quantitative estimate of drug-likeness (QED) is 0.0445. The first-order valence-electron chi connectivity index (χ1n) is 14.0. The highest BCUT2D eigenvalue weighted by Crippen LogP contribution is 2.31. The van der Waals surface area contributed by atoms with Gasteiger partial charge in [-0.25, -0.2) is 0 Å². The summed E-state index contributed by atoms with van der Waals surface area (Å²) in [6, 6.07) is 15.5. The zero-order chi connectivity index (χ0) is 34.5. The third kappa shape index (κ3) is 8.59. The van der Waals surface area contributed by atoms with Crippen LogP contribution >= 0.6 is 34.8 Å². The number of ether oxygens (including phenoxy) is 3. The SMILES string of the molecule is COc1ccc2c(c1)c(CC(=O)OCOC[C@@H](NC(=O)C(C)(Cl)Cl)[C@H](O)c1ccc([N+](=O)[O-])cc1)c(C)n2C(=O)c1ccc(Cl)cc1. The van der Waals surface area contributed by atoms with Crippen molar-refractivity contribution in [2.45, 2.75) is 36.7 Å². The molecule has 4 aromatic rings. The van der Waals surface area contributed by atoms with Crippen molar-refractivity contribution in [3.05, 3.63) is 104 Å². The van der Waals surface area contributed by atoms with E-state index in [1.54, 1.807) is 49.4 Å². The number of aromatic nitrogens is 1.